The van der Waals surface area contributed by atoms with Gasteiger partial charge in [0.2, 0.25) is 0 Å². The fourth-order valence-electron chi connectivity index (χ4n) is 3.57. The van der Waals surface area contributed by atoms with Gasteiger partial charge in [0, 0.05) is 24.7 Å². The molecule has 0 saturated heterocycles. The number of H-pyrrole nitrogens is 1. The molecule has 3 heterocycles. The fraction of sp³-hybridized carbons (Fsp3) is 0.0870. The molecule has 0 aliphatic carbocycles. The molecular weight excluding hydrogens is 380 g/mol. The topological polar surface area (TPSA) is 93.0 Å². The molecule has 0 unspecified atom stereocenters. The smallest absolute Gasteiger partial charge is 0.337 e. The van der Waals surface area contributed by atoms with Gasteiger partial charge < -0.3 is 14.8 Å². The number of benzene rings is 2. The van der Waals surface area contributed by atoms with Gasteiger partial charge in [-0.25, -0.2) is 4.79 Å². The lowest BCUT2D eigenvalue weighted by Crippen LogP contribution is -1.97. The molecule has 2 aromatic carbocycles. The van der Waals surface area contributed by atoms with Gasteiger partial charge >= 0.3 is 5.97 Å². The van der Waals surface area contributed by atoms with Crippen LogP contribution in [0, 0.1) is 6.92 Å². The van der Waals surface area contributed by atoms with Crippen molar-refractivity contribution in [3.8, 4) is 22.9 Å². The number of carboxylic acids is 1. The average Bonchev–Trinajstić information content (AvgIpc) is 3.30. The van der Waals surface area contributed by atoms with E-state index in [-0.39, 0.29) is 5.56 Å². The highest BCUT2D eigenvalue weighted by molar-refractivity contribution is 6.03. The Morgan fingerprint density at radius 3 is 2.60 bits per heavy atom. The van der Waals surface area contributed by atoms with Crippen LogP contribution in [0.25, 0.3) is 33.3 Å². The average molecular weight is 398 g/mol. The van der Waals surface area contributed by atoms with Crippen molar-refractivity contribution < 1.29 is 14.6 Å². The number of aromatic carboxylic acids is 1. The zero-order valence-corrected chi connectivity index (χ0v) is 16.4. The Labute approximate surface area is 171 Å². The fourth-order valence-corrected chi connectivity index (χ4v) is 3.57. The van der Waals surface area contributed by atoms with E-state index in [0.29, 0.717) is 22.5 Å². The third kappa shape index (κ3) is 2.97. The third-order valence-corrected chi connectivity index (χ3v) is 5.09. The lowest BCUT2D eigenvalue weighted by molar-refractivity contribution is 0.0698. The van der Waals surface area contributed by atoms with Gasteiger partial charge in [0.15, 0.2) is 0 Å². The number of carbonyl (C=O) groups is 1. The van der Waals surface area contributed by atoms with Gasteiger partial charge in [0.1, 0.15) is 17.2 Å². The Morgan fingerprint density at radius 2 is 1.83 bits per heavy atom. The first kappa shape index (κ1) is 17.9. The molecule has 0 saturated carbocycles. The van der Waals surface area contributed by atoms with E-state index in [1.54, 1.807) is 4.68 Å². The number of hydrogen-bond donors (Lipinski definition) is 2. The van der Waals surface area contributed by atoms with Crippen molar-refractivity contribution in [1.29, 1.82) is 0 Å². The lowest BCUT2D eigenvalue weighted by Gasteiger charge is -2.06. The summed E-state index contributed by atoms with van der Waals surface area (Å²) >= 11 is 0. The van der Waals surface area contributed by atoms with E-state index in [1.807, 2.05) is 62.5 Å². The first-order valence-corrected chi connectivity index (χ1v) is 9.42. The van der Waals surface area contributed by atoms with Crippen LogP contribution < -0.4 is 4.74 Å². The zero-order chi connectivity index (χ0) is 20.8. The van der Waals surface area contributed by atoms with Crippen molar-refractivity contribution in [3.05, 3.63) is 71.9 Å². The number of ether oxygens (including phenoxy) is 1. The van der Waals surface area contributed by atoms with E-state index in [1.165, 1.54) is 17.8 Å². The Balaban J connectivity index is 1.58. The standard InChI is InChI=1S/C23H18N4O3/c1-13-3-5-14(6-4-13)30-15-7-8-16-20(11-15)27(2)26-22(16)19-12-18-21(25-19)17(23(28)29)9-10-24-18/h3-12,25H,1-2H3,(H,28,29). The molecule has 0 atom stereocenters. The summed E-state index contributed by atoms with van der Waals surface area (Å²) in [5.41, 5.74) is 4.77. The molecule has 7 heteroatoms. The van der Waals surface area contributed by atoms with Crippen LogP contribution in [0.3, 0.4) is 0 Å². The maximum Gasteiger partial charge on any atom is 0.337 e. The number of hydrogen-bond acceptors (Lipinski definition) is 4. The second-order valence-corrected chi connectivity index (χ2v) is 7.17. The SMILES string of the molecule is Cc1ccc(Oc2ccc3c(-c4cc5nccc(C(=O)O)c5[nH]4)nn(C)c3c2)cc1. The number of pyridine rings is 1. The largest absolute Gasteiger partial charge is 0.478 e. The summed E-state index contributed by atoms with van der Waals surface area (Å²) in [5, 5.41) is 15.0. The summed E-state index contributed by atoms with van der Waals surface area (Å²) in [5.74, 6) is 0.484. The van der Waals surface area contributed by atoms with E-state index in [4.69, 9.17) is 4.74 Å². The number of aryl methyl sites for hydroxylation is 2. The van der Waals surface area contributed by atoms with E-state index in [9.17, 15) is 9.90 Å². The molecule has 5 aromatic rings. The van der Waals surface area contributed by atoms with Crippen LogP contribution in [-0.4, -0.2) is 30.8 Å². The third-order valence-electron chi connectivity index (χ3n) is 5.09. The van der Waals surface area contributed by atoms with Crippen molar-refractivity contribution in [2.75, 3.05) is 0 Å². The predicted octanol–water partition coefficient (Wildman–Crippen LogP) is 4.92. The maximum atomic E-state index is 11.5. The second kappa shape index (κ2) is 6.73. The van der Waals surface area contributed by atoms with E-state index < -0.39 is 5.97 Å². The molecule has 0 amide bonds. The normalized spacial score (nSPS) is 11.3. The van der Waals surface area contributed by atoms with Crippen LogP contribution in [0.1, 0.15) is 15.9 Å². The van der Waals surface area contributed by atoms with Crippen LogP contribution in [0.5, 0.6) is 11.5 Å². The minimum absolute atomic E-state index is 0.181. The number of aromatic amines is 1. The van der Waals surface area contributed by atoms with Crippen molar-refractivity contribution >= 4 is 27.9 Å². The van der Waals surface area contributed by atoms with Gasteiger partial charge in [0.05, 0.1) is 27.8 Å². The summed E-state index contributed by atoms with van der Waals surface area (Å²) in [6.07, 6.45) is 1.49. The molecule has 0 aliphatic heterocycles. The summed E-state index contributed by atoms with van der Waals surface area (Å²) in [7, 11) is 1.87. The molecule has 5 rings (SSSR count). The van der Waals surface area contributed by atoms with Crippen molar-refractivity contribution in [3.63, 3.8) is 0 Å². The highest BCUT2D eigenvalue weighted by Gasteiger charge is 2.17. The second-order valence-electron chi connectivity index (χ2n) is 7.17. The quantitative estimate of drug-likeness (QED) is 0.448. The highest BCUT2D eigenvalue weighted by atomic mass is 16.5. The molecule has 2 N–H and O–H groups in total. The molecule has 148 valence electrons. The summed E-state index contributed by atoms with van der Waals surface area (Å²) in [6, 6.07) is 17.0. The molecule has 0 aliphatic rings. The van der Waals surface area contributed by atoms with Gasteiger partial charge in [-0.2, -0.15) is 5.10 Å². The molecule has 0 bridgehead atoms. The Morgan fingerprint density at radius 1 is 1.07 bits per heavy atom. The molecular formula is C23H18N4O3. The Hall–Kier alpha value is -4.13. The van der Waals surface area contributed by atoms with Gasteiger partial charge in [-0.05, 0) is 43.3 Å². The van der Waals surface area contributed by atoms with Gasteiger partial charge in [-0.3, -0.25) is 9.67 Å². The first-order chi connectivity index (χ1) is 14.5. The van der Waals surface area contributed by atoms with Crippen LogP contribution >= 0.6 is 0 Å². The highest BCUT2D eigenvalue weighted by Crippen LogP contribution is 2.33. The number of nitrogens with one attached hydrogen (secondary N) is 1. The molecule has 0 radical (unpaired) electrons. The van der Waals surface area contributed by atoms with E-state index in [0.717, 1.165) is 22.3 Å². The number of fused-ring (bicyclic) bond motifs is 2. The molecule has 0 fully saturated rings. The van der Waals surface area contributed by atoms with Gasteiger partial charge in [0.25, 0.3) is 0 Å². The summed E-state index contributed by atoms with van der Waals surface area (Å²) < 4.78 is 7.76. The maximum absolute atomic E-state index is 11.5. The van der Waals surface area contributed by atoms with Gasteiger partial charge in [-0.1, -0.05) is 17.7 Å². The molecule has 3 aromatic heterocycles. The van der Waals surface area contributed by atoms with Crippen molar-refractivity contribution in [2.45, 2.75) is 6.92 Å². The minimum atomic E-state index is -1.00. The van der Waals surface area contributed by atoms with Crippen molar-refractivity contribution in [2.24, 2.45) is 7.05 Å². The van der Waals surface area contributed by atoms with E-state index >= 15 is 0 Å². The zero-order valence-electron chi connectivity index (χ0n) is 16.4. The van der Waals surface area contributed by atoms with Gasteiger partial charge in [-0.15, -0.1) is 0 Å². The van der Waals surface area contributed by atoms with Crippen LogP contribution in [0.2, 0.25) is 0 Å². The summed E-state index contributed by atoms with van der Waals surface area (Å²) in [6.45, 7) is 2.03. The number of aromatic nitrogens is 4. The lowest BCUT2D eigenvalue weighted by atomic mass is 10.1. The first-order valence-electron chi connectivity index (χ1n) is 9.42. The van der Waals surface area contributed by atoms with Crippen LogP contribution in [-0.2, 0) is 7.05 Å². The Bertz CT molecular complexity index is 1410. The minimum Gasteiger partial charge on any atom is -0.478 e. The number of carboxylic acid groups (broad SMARTS) is 1. The van der Waals surface area contributed by atoms with Crippen LogP contribution in [0.15, 0.2) is 60.8 Å². The Kier molecular flexibility index (Phi) is 4.03. The number of nitrogens with zero attached hydrogens (tertiary/aromatic N) is 3. The molecule has 30 heavy (non-hydrogen) atoms. The molecule has 0 spiro atoms. The number of rotatable bonds is 4. The monoisotopic (exact) mass is 398 g/mol. The van der Waals surface area contributed by atoms with Crippen molar-refractivity contribution in [1.82, 2.24) is 19.7 Å². The predicted molar refractivity (Wildman–Crippen MR) is 114 cm³/mol. The van der Waals surface area contributed by atoms with E-state index in [2.05, 4.69) is 15.1 Å². The van der Waals surface area contributed by atoms with Crippen LogP contribution in [0.4, 0.5) is 0 Å². The summed E-state index contributed by atoms with van der Waals surface area (Å²) in [4.78, 5) is 19.0. The molecule has 7 nitrogen and oxygen atoms in total.